The van der Waals surface area contributed by atoms with E-state index >= 15 is 0 Å². The first kappa shape index (κ1) is 28.1. The van der Waals surface area contributed by atoms with E-state index in [-0.39, 0.29) is 34.4 Å². The highest BCUT2D eigenvalue weighted by Crippen LogP contribution is 2.47. The summed E-state index contributed by atoms with van der Waals surface area (Å²) in [5.74, 6) is -1.41. The van der Waals surface area contributed by atoms with Crippen LogP contribution in [0.4, 0.5) is 5.69 Å². The maximum Gasteiger partial charge on any atom is 0.339 e. The number of hydrogen-bond donors (Lipinski definition) is 2. The van der Waals surface area contributed by atoms with Crippen LogP contribution in [-0.2, 0) is 29.2 Å². The molecule has 2 aromatic rings. The minimum Gasteiger partial charge on any atom is -0.463 e. The minimum absolute atomic E-state index is 0.0429. The van der Waals surface area contributed by atoms with Gasteiger partial charge in [-0.05, 0) is 67.6 Å². The van der Waals surface area contributed by atoms with Gasteiger partial charge < -0.3 is 19.6 Å². The lowest BCUT2D eigenvalue weighted by Crippen LogP contribution is -2.38. The number of dihydropyridines is 1. The van der Waals surface area contributed by atoms with Crippen LogP contribution in [0.3, 0.4) is 0 Å². The van der Waals surface area contributed by atoms with Crippen molar-refractivity contribution in [3.05, 3.63) is 76.6 Å². The maximum atomic E-state index is 13.4. The molecule has 39 heavy (non-hydrogen) atoms. The van der Waals surface area contributed by atoms with Crippen molar-refractivity contribution < 1.29 is 31.7 Å². The number of ketones is 1. The number of allylic oxidation sites excluding steroid dienone is 3. The Balaban J connectivity index is 1.66. The number of amides is 1. The molecule has 0 fully saturated rings. The predicted octanol–water partition coefficient (Wildman–Crippen LogP) is 4.58. The fourth-order valence-electron chi connectivity index (χ4n) is 5.05. The summed E-state index contributed by atoms with van der Waals surface area (Å²) < 4.78 is 36.3. The van der Waals surface area contributed by atoms with E-state index in [9.17, 15) is 22.8 Å². The van der Waals surface area contributed by atoms with Crippen LogP contribution in [0.25, 0.3) is 0 Å². The minimum atomic E-state index is -4.15. The fraction of sp³-hybridized carbons (Fsp3) is 0.345. The van der Waals surface area contributed by atoms with Crippen LogP contribution in [0.5, 0.6) is 5.75 Å². The molecule has 2 aromatic carbocycles. The van der Waals surface area contributed by atoms with Gasteiger partial charge in [-0.3, -0.25) is 9.59 Å². The van der Waals surface area contributed by atoms with Crippen LogP contribution < -0.4 is 14.8 Å². The zero-order valence-electron chi connectivity index (χ0n) is 22.6. The number of carbonyl (C=O) groups is 3. The third-order valence-electron chi connectivity index (χ3n) is 6.62. The van der Waals surface area contributed by atoms with Crippen molar-refractivity contribution >= 4 is 33.5 Å². The van der Waals surface area contributed by atoms with Gasteiger partial charge in [0.1, 0.15) is 10.6 Å². The molecule has 0 aromatic heterocycles. The smallest absolute Gasteiger partial charge is 0.339 e. The van der Waals surface area contributed by atoms with E-state index < -0.39 is 22.0 Å². The number of benzene rings is 2. The van der Waals surface area contributed by atoms with Gasteiger partial charge in [-0.25, -0.2) is 4.79 Å². The Morgan fingerprint density at radius 2 is 1.69 bits per heavy atom. The molecule has 1 aliphatic heterocycles. The molecule has 0 radical (unpaired) electrons. The molecular weight excluding hydrogens is 520 g/mol. The summed E-state index contributed by atoms with van der Waals surface area (Å²) in [7, 11) is -4.15. The van der Waals surface area contributed by atoms with Crippen molar-refractivity contribution in [2.45, 2.75) is 58.3 Å². The quantitative estimate of drug-likeness (QED) is 0.377. The summed E-state index contributed by atoms with van der Waals surface area (Å²) in [6, 6.07) is 11.9. The zero-order chi connectivity index (χ0) is 28.5. The van der Waals surface area contributed by atoms with E-state index in [2.05, 4.69) is 10.6 Å². The number of hydrogen-bond acceptors (Lipinski definition) is 8. The summed E-state index contributed by atoms with van der Waals surface area (Å²) in [4.78, 5) is 37.5. The van der Waals surface area contributed by atoms with Crippen LogP contribution in [0.1, 0.15) is 58.9 Å². The van der Waals surface area contributed by atoms with E-state index in [1.165, 1.54) is 43.3 Å². The molecule has 0 bridgehead atoms. The van der Waals surface area contributed by atoms with Gasteiger partial charge in [-0.2, -0.15) is 8.42 Å². The Morgan fingerprint density at radius 3 is 2.28 bits per heavy atom. The van der Waals surface area contributed by atoms with Crippen molar-refractivity contribution in [1.82, 2.24) is 5.32 Å². The molecule has 4 rings (SSSR count). The second-order valence-electron chi connectivity index (χ2n) is 10.5. The second kappa shape index (κ2) is 10.7. The Hall–Kier alpha value is -3.92. The number of Topliss-reactive ketones (excluding diaryl/α,β-unsaturated/α-hetero) is 1. The molecule has 1 heterocycles. The summed E-state index contributed by atoms with van der Waals surface area (Å²) in [5.41, 5.74) is 3.17. The van der Waals surface area contributed by atoms with Crippen molar-refractivity contribution in [2.75, 3.05) is 11.9 Å². The van der Waals surface area contributed by atoms with Crippen molar-refractivity contribution in [3.63, 3.8) is 0 Å². The highest BCUT2D eigenvalue weighted by molar-refractivity contribution is 7.87. The molecule has 2 aliphatic rings. The average molecular weight is 553 g/mol. The zero-order valence-corrected chi connectivity index (χ0v) is 23.4. The molecule has 1 amide bonds. The molecule has 0 unspecified atom stereocenters. The van der Waals surface area contributed by atoms with Gasteiger partial charge in [0.2, 0.25) is 5.91 Å². The number of nitrogens with one attached hydrogen (secondary N) is 2. The standard InChI is InChI=1S/C29H32N2O7S/c1-6-37-28(34)25-17(2)30-23-15-29(4,5)16-24(33)27(23)26(25)19-7-11-21(12-8-19)38-39(35,36)22-13-9-20(10-14-22)31-18(3)32/h7-14,26,30H,6,15-16H2,1-5H3,(H,31,32)/t26-/m0/s1. The van der Waals surface area contributed by atoms with E-state index in [0.29, 0.717) is 40.9 Å². The number of anilines is 1. The summed E-state index contributed by atoms with van der Waals surface area (Å²) in [6.45, 7) is 9.12. The van der Waals surface area contributed by atoms with Crippen LogP contribution in [0.15, 0.2) is 76.0 Å². The first-order valence-electron chi connectivity index (χ1n) is 12.6. The molecule has 2 N–H and O–H groups in total. The predicted molar refractivity (Wildman–Crippen MR) is 145 cm³/mol. The number of carbonyl (C=O) groups excluding carboxylic acids is 3. The lowest BCUT2D eigenvalue weighted by atomic mass is 9.68. The average Bonchev–Trinajstić information content (AvgIpc) is 2.82. The maximum absolute atomic E-state index is 13.4. The Labute approximate surface area is 228 Å². The van der Waals surface area contributed by atoms with Crippen molar-refractivity contribution in [2.24, 2.45) is 5.41 Å². The highest BCUT2D eigenvalue weighted by atomic mass is 32.2. The molecule has 1 atom stereocenters. The Kier molecular flexibility index (Phi) is 7.70. The monoisotopic (exact) mass is 552 g/mol. The van der Waals surface area contributed by atoms with Gasteiger partial charge in [0, 0.05) is 41.9 Å². The number of rotatable bonds is 7. The molecule has 0 saturated carbocycles. The van der Waals surface area contributed by atoms with E-state index in [1.807, 2.05) is 13.8 Å². The molecule has 9 nitrogen and oxygen atoms in total. The van der Waals surface area contributed by atoms with E-state index in [4.69, 9.17) is 8.92 Å². The first-order valence-corrected chi connectivity index (χ1v) is 14.1. The van der Waals surface area contributed by atoms with Gasteiger partial charge in [0.15, 0.2) is 5.78 Å². The van der Waals surface area contributed by atoms with Crippen LogP contribution >= 0.6 is 0 Å². The summed E-state index contributed by atoms with van der Waals surface area (Å²) in [5, 5.41) is 5.86. The topological polar surface area (TPSA) is 128 Å². The SMILES string of the molecule is CCOC(=O)C1=C(C)NC2=C(C(=O)CC(C)(C)C2)[C@H]1c1ccc(OS(=O)(=O)c2ccc(NC(C)=O)cc2)cc1. The molecule has 10 heteroatoms. The number of ether oxygens (including phenoxy) is 1. The molecular formula is C29H32N2O7S. The molecule has 206 valence electrons. The Morgan fingerprint density at radius 1 is 1.05 bits per heavy atom. The van der Waals surface area contributed by atoms with Gasteiger partial charge in [0.05, 0.1) is 12.2 Å². The largest absolute Gasteiger partial charge is 0.463 e. The van der Waals surface area contributed by atoms with Crippen LogP contribution in [-0.4, -0.2) is 32.7 Å². The molecule has 1 aliphatic carbocycles. The highest BCUT2D eigenvalue weighted by Gasteiger charge is 2.43. The lowest BCUT2D eigenvalue weighted by Gasteiger charge is -2.39. The van der Waals surface area contributed by atoms with E-state index in [1.54, 1.807) is 26.0 Å². The fourth-order valence-corrected chi connectivity index (χ4v) is 5.98. The van der Waals surface area contributed by atoms with Crippen molar-refractivity contribution in [1.29, 1.82) is 0 Å². The van der Waals surface area contributed by atoms with Crippen molar-refractivity contribution in [3.8, 4) is 5.75 Å². The lowest BCUT2D eigenvalue weighted by molar-refractivity contribution is -0.138. The summed E-state index contributed by atoms with van der Waals surface area (Å²) in [6.07, 6.45) is 0.998. The van der Waals surface area contributed by atoms with Gasteiger partial charge in [0.25, 0.3) is 0 Å². The Bertz CT molecular complexity index is 1490. The summed E-state index contributed by atoms with van der Waals surface area (Å²) >= 11 is 0. The van der Waals surface area contributed by atoms with Gasteiger partial charge in [-0.1, -0.05) is 26.0 Å². The third kappa shape index (κ3) is 6.06. The molecule has 0 saturated heterocycles. The first-order chi connectivity index (χ1) is 18.3. The van der Waals surface area contributed by atoms with Gasteiger partial charge >= 0.3 is 16.1 Å². The second-order valence-corrected chi connectivity index (χ2v) is 12.0. The third-order valence-corrected chi connectivity index (χ3v) is 7.88. The van der Waals surface area contributed by atoms with Crippen LogP contribution in [0, 0.1) is 5.41 Å². The number of esters is 1. The normalized spacial score (nSPS) is 18.7. The van der Waals surface area contributed by atoms with Gasteiger partial charge in [-0.15, -0.1) is 0 Å². The van der Waals surface area contributed by atoms with Crippen LogP contribution in [0.2, 0.25) is 0 Å². The molecule has 0 spiro atoms. The van der Waals surface area contributed by atoms with E-state index in [0.717, 1.165) is 5.70 Å².